The maximum Gasteiger partial charge on any atom is 0.223 e. The van der Waals surface area contributed by atoms with Crippen LogP contribution in [-0.2, 0) is 0 Å². The Labute approximate surface area is 436 Å². The van der Waals surface area contributed by atoms with Crippen LogP contribution in [0.5, 0.6) is 0 Å². The van der Waals surface area contributed by atoms with Gasteiger partial charge in [-0.1, -0.05) is 182 Å². The fourth-order valence-corrected chi connectivity index (χ4v) is 17.2. The first-order valence-electron chi connectivity index (χ1n) is 25.8. The van der Waals surface area contributed by atoms with E-state index in [1.807, 2.05) is 12.1 Å². The second kappa shape index (κ2) is 16.5. The minimum Gasteiger partial charge on any atom is -0.456 e. The highest BCUT2D eigenvalue weighted by Gasteiger charge is 2.42. The zero-order valence-corrected chi connectivity index (χ0v) is 42.0. The maximum absolute atomic E-state index is 6.38. The molecule has 7 nitrogen and oxygen atoms in total. The number of aromatic nitrogens is 6. The Hall–Kier alpha value is -10.0. The molecular formula is C68H44N6OSi. The van der Waals surface area contributed by atoms with Crippen LogP contribution in [0.15, 0.2) is 271 Å². The van der Waals surface area contributed by atoms with Crippen LogP contribution in [0.1, 0.15) is 0 Å². The monoisotopic (exact) mass is 988 g/mol. The Morgan fingerprint density at radius 1 is 0.289 bits per heavy atom. The Morgan fingerprint density at radius 3 is 1.39 bits per heavy atom. The van der Waals surface area contributed by atoms with E-state index in [1.165, 1.54) is 31.5 Å². The van der Waals surface area contributed by atoms with Crippen molar-refractivity contribution in [3.05, 3.63) is 267 Å². The van der Waals surface area contributed by atoms with E-state index in [2.05, 4.69) is 273 Å². The van der Waals surface area contributed by atoms with Crippen molar-refractivity contribution in [2.45, 2.75) is 0 Å². The lowest BCUT2D eigenvalue weighted by atomic mass is 10.0. The third-order valence-corrected chi connectivity index (χ3v) is 20.5. The highest BCUT2D eigenvalue weighted by Crippen LogP contribution is 2.37. The predicted octanol–water partition coefficient (Wildman–Crippen LogP) is 13.8. The van der Waals surface area contributed by atoms with E-state index in [-0.39, 0.29) is 0 Å². The third kappa shape index (κ3) is 6.16. The number of para-hydroxylation sites is 7. The van der Waals surface area contributed by atoms with Crippen molar-refractivity contribution in [2.75, 3.05) is 0 Å². The average molecular weight is 989 g/mol. The summed E-state index contributed by atoms with van der Waals surface area (Å²) in [5.74, 6) is 1.49. The molecule has 0 aliphatic heterocycles. The predicted molar refractivity (Wildman–Crippen MR) is 315 cm³/mol. The van der Waals surface area contributed by atoms with Gasteiger partial charge >= 0.3 is 0 Å². The lowest BCUT2D eigenvalue weighted by Gasteiger charge is -2.35. The van der Waals surface area contributed by atoms with Crippen LogP contribution in [0.4, 0.5) is 0 Å². The highest BCUT2D eigenvalue weighted by molar-refractivity contribution is 7.20. The van der Waals surface area contributed by atoms with Crippen molar-refractivity contribution in [1.29, 1.82) is 0 Å². The van der Waals surface area contributed by atoms with Gasteiger partial charge in [0.1, 0.15) is 11.2 Å². The summed E-state index contributed by atoms with van der Waals surface area (Å²) in [6.07, 6.45) is 0. The lowest BCUT2D eigenvalue weighted by molar-refractivity contribution is 0.669. The number of rotatable bonds is 7. The van der Waals surface area contributed by atoms with Gasteiger partial charge in [-0.3, -0.25) is 8.80 Å². The number of hydrogen-bond donors (Lipinski definition) is 0. The van der Waals surface area contributed by atoms with Gasteiger partial charge in [0, 0.05) is 27.2 Å². The largest absolute Gasteiger partial charge is 0.456 e. The minimum absolute atomic E-state index is 0.740. The first kappa shape index (κ1) is 42.5. The highest BCUT2D eigenvalue weighted by atomic mass is 28.3. The van der Waals surface area contributed by atoms with Gasteiger partial charge in [-0.25, -0.2) is 14.5 Å². The molecule has 0 saturated carbocycles. The van der Waals surface area contributed by atoms with E-state index in [0.717, 1.165) is 100 Å². The summed E-state index contributed by atoms with van der Waals surface area (Å²) >= 11 is 0. The van der Waals surface area contributed by atoms with E-state index in [4.69, 9.17) is 14.4 Å². The maximum atomic E-state index is 6.38. The van der Waals surface area contributed by atoms with Crippen molar-refractivity contribution in [2.24, 2.45) is 0 Å². The molecule has 0 radical (unpaired) electrons. The van der Waals surface area contributed by atoms with Gasteiger partial charge in [0.25, 0.3) is 0 Å². The molecule has 0 bridgehead atoms. The Bertz CT molecular complexity index is 4860. The zero-order chi connectivity index (χ0) is 49.9. The first-order chi connectivity index (χ1) is 37.7. The average Bonchev–Trinajstić information content (AvgIpc) is 4.36. The molecular weight excluding hydrogens is 945 g/mol. The molecule has 11 aromatic carbocycles. The van der Waals surface area contributed by atoms with Crippen molar-refractivity contribution in [1.82, 2.24) is 27.9 Å². The van der Waals surface area contributed by atoms with Crippen molar-refractivity contribution in [3.63, 3.8) is 0 Å². The Kier molecular flexibility index (Phi) is 9.22. The van der Waals surface area contributed by atoms with Crippen LogP contribution < -0.4 is 20.7 Å². The molecule has 8 heteroatoms. The molecule has 0 fully saturated rings. The summed E-state index contributed by atoms with van der Waals surface area (Å²) in [6.45, 7) is 0. The minimum atomic E-state index is -3.06. The number of fused-ring (bicyclic) bond motifs is 15. The molecule has 16 aromatic rings. The molecule has 0 amide bonds. The molecule has 0 aliphatic rings. The van der Waals surface area contributed by atoms with Gasteiger partial charge in [-0.15, -0.1) is 0 Å². The summed E-state index contributed by atoms with van der Waals surface area (Å²) < 4.78 is 15.7. The van der Waals surface area contributed by atoms with E-state index in [0.29, 0.717) is 0 Å². The molecule has 5 heterocycles. The van der Waals surface area contributed by atoms with Gasteiger partial charge < -0.3 is 8.98 Å². The van der Waals surface area contributed by atoms with Crippen LogP contribution >= 0.6 is 0 Å². The lowest BCUT2D eigenvalue weighted by Crippen LogP contribution is -2.74. The van der Waals surface area contributed by atoms with E-state index >= 15 is 0 Å². The second-order valence-electron chi connectivity index (χ2n) is 19.8. The number of benzene rings is 11. The van der Waals surface area contributed by atoms with Crippen LogP contribution in [0, 0.1) is 0 Å². The smallest absolute Gasteiger partial charge is 0.223 e. The third-order valence-electron chi connectivity index (χ3n) is 15.7. The number of imidazole rings is 2. The van der Waals surface area contributed by atoms with Crippen LogP contribution in [0.2, 0.25) is 0 Å². The van der Waals surface area contributed by atoms with Crippen molar-refractivity contribution >= 4 is 117 Å². The second-order valence-corrected chi connectivity index (χ2v) is 23.6. The number of nitrogens with zero attached hydrogens (tertiary/aromatic N) is 6. The molecule has 0 atom stereocenters. The van der Waals surface area contributed by atoms with Crippen LogP contribution in [-0.4, -0.2) is 36.0 Å². The van der Waals surface area contributed by atoms with E-state index < -0.39 is 8.07 Å². The van der Waals surface area contributed by atoms with E-state index in [9.17, 15) is 0 Å². The molecule has 0 N–H and O–H groups in total. The molecule has 16 rings (SSSR count). The fourth-order valence-electron chi connectivity index (χ4n) is 12.4. The molecule has 5 aromatic heterocycles. The normalized spacial score (nSPS) is 12.2. The van der Waals surface area contributed by atoms with Crippen LogP contribution in [0.3, 0.4) is 0 Å². The summed E-state index contributed by atoms with van der Waals surface area (Å²) in [5, 5.41) is 9.76. The van der Waals surface area contributed by atoms with E-state index in [1.54, 1.807) is 0 Å². The summed E-state index contributed by atoms with van der Waals surface area (Å²) in [5.41, 5.74) is 14.0. The molecule has 0 unspecified atom stereocenters. The quantitative estimate of drug-likeness (QED) is 0.118. The zero-order valence-electron chi connectivity index (χ0n) is 41.0. The molecule has 0 aliphatic carbocycles. The topological polar surface area (TPSA) is 57.6 Å². The number of furan rings is 1. The molecule has 0 saturated heterocycles. The van der Waals surface area contributed by atoms with Gasteiger partial charge in [0.15, 0.2) is 8.07 Å². The summed E-state index contributed by atoms with van der Waals surface area (Å²) in [7, 11) is -3.06. The summed E-state index contributed by atoms with van der Waals surface area (Å²) in [6, 6.07) is 97.3. The van der Waals surface area contributed by atoms with Gasteiger partial charge in [-0.2, -0.15) is 0 Å². The molecule has 76 heavy (non-hydrogen) atoms. The van der Waals surface area contributed by atoms with Crippen molar-refractivity contribution < 1.29 is 4.42 Å². The van der Waals surface area contributed by atoms with Gasteiger partial charge in [-0.05, 0) is 117 Å². The summed E-state index contributed by atoms with van der Waals surface area (Å²) in [4.78, 5) is 11.0. The fraction of sp³-hybridized carbons (Fsp3) is 0. The SMILES string of the molecule is c1ccc([Si](c2ccccc2)(c2ccccc2)c2cc(-c3ccc4c(c3)n3c5ccccc5nc3n(-c3ccc5oc6ccccc6c5c3)c3nc5ccccc5n43)cc(-n3c4ccccc4c4ccccc43)c2)cc1. The van der Waals surface area contributed by atoms with Crippen molar-refractivity contribution in [3.8, 4) is 22.5 Å². The standard InChI is InChI=1S/C68H44N6OSi/c1-4-20-49(21-5-1)76(50-22-6-2-7-23-50,51-24-8-3-9-25-51)52-41-46(40-48(43-52)71-59-31-15-10-26-53(59)54-27-11-16-32-60(54)71)45-36-38-63-64(42-45)74-62-34-18-14-30-58(62)70-68(74)72(67-69-57-29-13-17-33-61(57)73(63)67)47-37-39-66-56(44-47)55-28-12-19-35-65(55)75-66/h1-44H. The van der Waals surface area contributed by atoms with Gasteiger partial charge in [0.2, 0.25) is 11.6 Å². The Morgan fingerprint density at radius 2 is 0.789 bits per heavy atom. The molecule has 0 spiro atoms. The first-order valence-corrected chi connectivity index (χ1v) is 27.8. The molecule has 356 valence electrons. The van der Waals surface area contributed by atoms with Crippen LogP contribution in [0.25, 0.3) is 111 Å². The van der Waals surface area contributed by atoms with Gasteiger partial charge in [0.05, 0.1) is 49.8 Å². The number of hydrogen-bond acceptors (Lipinski definition) is 3. The Balaban J connectivity index is 1.06.